The number of nitrogens with zero attached hydrogens (tertiary/aromatic N) is 2. The predicted octanol–water partition coefficient (Wildman–Crippen LogP) is 3.06. The Labute approximate surface area is 115 Å². The molecule has 21 heavy (non-hydrogen) atoms. The summed E-state index contributed by atoms with van der Waals surface area (Å²) in [5.41, 5.74) is 4.26. The van der Waals surface area contributed by atoms with Gasteiger partial charge in [-0.25, -0.2) is 31.9 Å². The van der Waals surface area contributed by atoms with Crippen molar-refractivity contribution >= 4 is 17.3 Å². The molecule has 0 atom stereocenters. The summed E-state index contributed by atoms with van der Waals surface area (Å²) in [6, 6.07) is 1.11. The van der Waals surface area contributed by atoms with Gasteiger partial charge in [-0.3, -0.25) is 0 Å². The number of nitrogens with two attached hydrogens (primary N) is 1. The van der Waals surface area contributed by atoms with Gasteiger partial charge in [0.05, 0.1) is 0 Å². The Morgan fingerprint density at radius 3 is 2.00 bits per heavy atom. The van der Waals surface area contributed by atoms with Crippen molar-refractivity contribution in [2.45, 2.75) is 13.3 Å². The first-order chi connectivity index (χ1) is 9.85. The molecule has 0 fully saturated rings. The number of nitrogen functional groups attached to an aromatic ring is 1. The highest BCUT2D eigenvalue weighted by Crippen LogP contribution is 2.29. The van der Waals surface area contributed by atoms with Gasteiger partial charge in [0, 0.05) is 12.5 Å². The maximum Gasteiger partial charge on any atom is 0.200 e. The van der Waals surface area contributed by atoms with Crippen LogP contribution in [0.4, 0.5) is 39.3 Å². The van der Waals surface area contributed by atoms with Crippen molar-refractivity contribution in [1.29, 1.82) is 0 Å². The summed E-state index contributed by atoms with van der Waals surface area (Å²) in [6.07, 6.45) is 0.372. The molecular formula is C12H9F5N4. The van der Waals surface area contributed by atoms with Crippen LogP contribution in [0, 0.1) is 29.1 Å². The van der Waals surface area contributed by atoms with E-state index >= 15 is 0 Å². The zero-order chi connectivity index (χ0) is 15.7. The Kier molecular flexibility index (Phi) is 3.92. The number of hydrogen-bond donors (Lipinski definition) is 2. The smallest absolute Gasteiger partial charge is 0.200 e. The summed E-state index contributed by atoms with van der Waals surface area (Å²) < 4.78 is 66.1. The quantitative estimate of drug-likeness (QED) is 0.520. The first-order valence-electron chi connectivity index (χ1n) is 5.77. The van der Waals surface area contributed by atoms with Crippen molar-refractivity contribution in [2.75, 3.05) is 11.1 Å². The number of aromatic nitrogens is 2. The van der Waals surface area contributed by atoms with Crippen LogP contribution in [0.5, 0.6) is 0 Å². The SMILES string of the molecule is CCc1nc(N)cc(Nc2c(F)c(F)c(F)c(F)c2F)n1. The van der Waals surface area contributed by atoms with Gasteiger partial charge in [0.1, 0.15) is 23.1 Å². The number of halogens is 5. The molecule has 0 aliphatic rings. The summed E-state index contributed by atoms with van der Waals surface area (Å²) in [4.78, 5) is 7.66. The van der Waals surface area contributed by atoms with Crippen molar-refractivity contribution < 1.29 is 22.0 Å². The van der Waals surface area contributed by atoms with Crippen molar-refractivity contribution in [1.82, 2.24) is 9.97 Å². The molecule has 2 aromatic rings. The third-order valence-electron chi connectivity index (χ3n) is 2.57. The first-order valence-corrected chi connectivity index (χ1v) is 5.77. The van der Waals surface area contributed by atoms with Crippen molar-refractivity contribution in [2.24, 2.45) is 0 Å². The number of aryl methyl sites for hydroxylation is 1. The first kappa shape index (κ1) is 14.9. The molecule has 0 amide bonds. The van der Waals surface area contributed by atoms with E-state index in [2.05, 4.69) is 9.97 Å². The molecule has 0 bridgehead atoms. The lowest BCUT2D eigenvalue weighted by Gasteiger charge is -2.11. The highest BCUT2D eigenvalue weighted by molar-refractivity contribution is 5.60. The van der Waals surface area contributed by atoms with Gasteiger partial charge in [0.2, 0.25) is 5.82 Å². The number of nitrogens with one attached hydrogen (secondary N) is 1. The zero-order valence-electron chi connectivity index (χ0n) is 10.6. The van der Waals surface area contributed by atoms with E-state index in [0.29, 0.717) is 6.42 Å². The van der Waals surface area contributed by atoms with Crippen LogP contribution in [0.2, 0.25) is 0 Å². The third-order valence-corrected chi connectivity index (χ3v) is 2.57. The summed E-state index contributed by atoms with van der Waals surface area (Å²) in [5.74, 6) is -10.2. The van der Waals surface area contributed by atoms with Gasteiger partial charge >= 0.3 is 0 Å². The minimum absolute atomic E-state index is 0.00628. The fourth-order valence-electron chi connectivity index (χ4n) is 1.58. The van der Waals surface area contributed by atoms with E-state index in [4.69, 9.17) is 5.73 Å². The molecule has 0 spiro atoms. The lowest BCUT2D eigenvalue weighted by atomic mass is 10.2. The molecular weight excluding hydrogens is 295 g/mol. The van der Waals surface area contributed by atoms with Crippen LogP contribution in [-0.4, -0.2) is 9.97 Å². The van der Waals surface area contributed by atoms with Gasteiger partial charge in [-0.15, -0.1) is 0 Å². The van der Waals surface area contributed by atoms with Crippen LogP contribution in [0.15, 0.2) is 6.07 Å². The van der Waals surface area contributed by atoms with Gasteiger partial charge in [0.25, 0.3) is 0 Å². The maximum absolute atomic E-state index is 13.5. The van der Waals surface area contributed by atoms with Gasteiger partial charge in [0.15, 0.2) is 23.3 Å². The zero-order valence-corrected chi connectivity index (χ0v) is 10.6. The van der Waals surface area contributed by atoms with Gasteiger partial charge < -0.3 is 11.1 Å². The van der Waals surface area contributed by atoms with E-state index in [9.17, 15) is 22.0 Å². The van der Waals surface area contributed by atoms with Gasteiger partial charge in [-0.05, 0) is 0 Å². The molecule has 112 valence electrons. The van der Waals surface area contributed by atoms with Gasteiger partial charge in [-0.2, -0.15) is 0 Å². The number of benzene rings is 1. The molecule has 0 radical (unpaired) electrons. The summed E-state index contributed by atoms with van der Waals surface area (Å²) in [6.45, 7) is 1.71. The van der Waals surface area contributed by atoms with E-state index in [1.54, 1.807) is 6.92 Å². The van der Waals surface area contributed by atoms with Crippen LogP contribution >= 0.6 is 0 Å². The third kappa shape index (κ3) is 2.71. The minimum atomic E-state index is -2.23. The molecule has 1 heterocycles. The second kappa shape index (κ2) is 5.51. The lowest BCUT2D eigenvalue weighted by Crippen LogP contribution is -2.09. The fraction of sp³-hybridized carbons (Fsp3) is 0.167. The largest absolute Gasteiger partial charge is 0.384 e. The molecule has 9 heteroatoms. The summed E-state index contributed by atoms with van der Waals surface area (Å²) >= 11 is 0. The molecule has 0 aliphatic heterocycles. The predicted molar refractivity (Wildman–Crippen MR) is 65.3 cm³/mol. The topological polar surface area (TPSA) is 63.8 Å². The maximum atomic E-state index is 13.5. The van der Waals surface area contributed by atoms with Gasteiger partial charge in [-0.1, -0.05) is 6.92 Å². The van der Waals surface area contributed by atoms with E-state index in [1.165, 1.54) is 0 Å². The molecule has 0 saturated carbocycles. The van der Waals surface area contributed by atoms with Crippen LogP contribution in [-0.2, 0) is 6.42 Å². The molecule has 0 unspecified atom stereocenters. The molecule has 4 nitrogen and oxygen atoms in total. The Balaban J connectivity index is 2.52. The van der Waals surface area contributed by atoms with Crippen molar-refractivity contribution in [3.63, 3.8) is 0 Å². The second-order valence-electron chi connectivity index (χ2n) is 4.02. The Morgan fingerprint density at radius 1 is 0.952 bits per heavy atom. The van der Waals surface area contributed by atoms with E-state index in [0.717, 1.165) is 6.07 Å². The molecule has 1 aromatic heterocycles. The molecule has 0 aliphatic carbocycles. The number of hydrogen-bond acceptors (Lipinski definition) is 4. The van der Waals surface area contributed by atoms with Crippen molar-refractivity contribution in [3.05, 3.63) is 41.0 Å². The number of anilines is 3. The van der Waals surface area contributed by atoms with Crippen LogP contribution in [0.3, 0.4) is 0 Å². The fourth-order valence-corrected chi connectivity index (χ4v) is 1.58. The standard InChI is InChI=1S/C12H9F5N4/c1-2-5-19-4(18)3-6(20-5)21-12-10(16)8(14)7(13)9(15)11(12)17/h3H,2H2,1H3,(H3,18,19,20,21). The highest BCUT2D eigenvalue weighted by Gasteiger charge is 2.26. The van der Waals surface area contributed by atoms with E-state index in [-0.39, 0.29) is 17.5 Å². The van der Waals surface area contributed by atoms with E-state index < -0.39 is 34.8 Å². The van der Waals surface area contributed by atoms with Crippen LogP contribution in [0.25, 0.3) is 0 Å². The Morgan fingerprint density at radius 2 is 1.48 bits per heavy atom. The summed E-state index contributed by atoms with van der Waals surface area (Å²) in [7, 11) is 0. The number of rotatable bonds is 3. The Hall–Kier alpha value is -2.45. The highest BCUT2D eigenvalue weighted by atomic mass is 19.2. The molecule has 1 aromatic carbocycles. The Bertz CT molecular complexity index is 676. The van der Waals surface area contributed by atoms with E-state index in [1.807, 2.05) is 5.32 Å². The monoisotopic (exact) mass is 304 g/mol. The average molecular weight is 304 g/mol. The average Bonchev–Trinajstić information content (AvgIpc) is 2.47. The molecule has 3 N–H and O–H groups in total. The molecule has 2 rings (SSSR count). The minimum Gasteiger partial charge on any atom is -0.384 e. The lowest BCUT2D eigenvalue weighted by molar-refractivity contribution is 0.382. The molecule has 0 saturated heterocycles. The van der Waals surface area contributed by atoms with Crippen LogP contribution < -0.4 is 11.1 Å². The summed E-state index contributed by atoms with van der Waals surface area (Å²) in [5, 5.41) is 2.04. The second-order valence-corrected chi connectivity index (χ2v) is 4.02. The van der Waals surface area contributed by atoms with Crippen molar-refractivity contribution in [3.8, 4) is 0 Å². The van der Waals surface area contributed by atoms with Crippen LogP contribution in [0.1, 0.15) is 12.7 Å². The normalized spacial score (nSPS) is 10.8.